The molecule has 1 N–H and O–H groups in total. The first-order valence-electron chi connectivity index (χ1n) is 3.33. The molecule has 0 aliphatic carbocycles. The summed E-state index contributed by atoms with van der Waals surface area (Å²) in [6.45, 7) is 4.19. The van der Waals surface area contributed by atoms with Crippen LogP contribution < -0.4 is 4.74 Å². The molecular weight excluding hydrogens is 128 g/mol. The van der Waals surface area contributed by atoms with Gasteiger partial charge in [0.1, 0.15) is 0 Å². The van der Waals surface area contributed by atoms with Crippen molar-refractivity contribution in [1.82, 2.24) is 10.2 Å². The highest BCUT2D eigenvalue weighted by Crippen LogP contribution is 2.15. The molecule has 1 heterocycles. The van der Waals surface area contributed by atoms with Crippen molar-refractivity contribution in [3.05, 3.63) is 11.8 Å². The SMILES string of the molecule is COc1cc(C(C)C)n[nH]1. The zero-order valence-corrected chi connectivity index (χ0v) is 6.51. The molecule has 0 saturated carbocycles. The van der Waals surface area contributed by atoms with Crippen LogP contribution in [0, 0.1) is 0 Å². The van der Waals surface area contributed by atoms with Crippen LogP contribution in [0.15, 0.2) is 6.07 Å². The Morgan fingerprint density at radius 1 is 1.60 bits per heavy atom. The molecule has 0 amide bonds. The fourth-order valence-corrected chi connectivity index (χ4v) is 0.719. The fourth-order valence-electron chi connectivity index (χ4n) is 0.719. The maximum absolute atomic E-state index is 4.93. The number of H-pyrrole nitrogens is 1. The summed E-state index contributed by atoms with van der Waals surface area (Å²) in [5.41, 5.74) is 1.04. The van der Waals surface area contributed by atoms with Crippen LogP contribution in [0.1, 0.15) is 25.5 Å². The lowest BCUT2D eigenvalue weighted by atomic mass is 10.1. The van der Waals surface area contributed by atoms with Gasteiger partial charge in [0.15, 0.2) is 0 Å². The first-order chi connectivity index (χ1) is 4.74. The zero-order valence-electron chi connectivity index (χ0n) is 6.51. The lowest BCUT2D eigenvalue weighted by molar-refractivity contribution is 0.397. The van der Waals surface area contributed by atoms with E-state index in [0.717, 1.165) is 11.6 Å². The molecule has 1 aromatic rings. The topological polar surface area (TPSA) is 37.9 Å². The van der Waals surface area contributed by atoms with E-state index in [1.165, 1.54) is 0 Å². The molecule has 56 valence electrons. The van der Waals surface area contributed by atoms with E-state index in [2.05, 4.69) is 24.0 Å². The van der Waals surface area contributed by atoms with Gasteiger partial charge in [-0.05, 0) is 5.92 Å². The van der Waals surface area contributed by atoms with Crippen molar-refractivity contribution in [3.8, 4) is 5.88 Å². The molecular formula is C7H12N2O. The van der Waals surface area contributed by atoms with Crippen molar-refractivity contribution in [2.24, 2.45) is 0 Å². The van der Waals surface area contributed by atoms with Crippen molar-refractivity contribution in [2.75, 3.05) is 7.11 Å². The Labute approximate surface area is 60.4 Å². The maximum atomic E-state index is 4.93. The van der Waals surface area contributed by atoms with Crippen molar-refractivity contribution < 1.29 is 4.74 Å². The monoisotopic (exact) mass is 140 g/mol. The Morgan fingerprint density at radius 2 is 2.30 bits per heavy atom. The molecule has 0 bridgehead atoms. The quantitative estimate of drug-likeness (QED) is 0.676. The van der Waals surface area contributed by atoms with Gasteiger partial charge < -0.3 is 4.74 Å². The standard InChI is InChI=1S/C7H12N2O/c1-5(2)6-4-7(10-3)9-8-6/h4-5H,1-3H3,(H,8,9). The van der Waals surface area contributed by atoms with Crippen LogP contribution in [0.25, 0.3) is 0 Å². The summed E-state index contributed by atoms with van der Waals surface area (Å²) in [6.07, 6.45) is 0. The Hall–Kier alpha value is -0.990. The summed E-state index contributed by atoms with van der Waals surface area (Å²) in [5.74, 6) is 1.18. The number of hydrogen-bond acceptors (Lipinski definition) is 2. The van der Waals surface area contributed by atoms with Gasteiger partial charge in [-0.2, -0.15) is 5.10 Å². The Kier molecular flexibility index (Phi) is 1.94. The molecule has 3 heteroatoms. The molecule has 1 rings (SSSR count). The highest BCUT2D eigenvalue weighted by atomic mass is 16.5. The van der Waals surface area contributed by atoms with Crippen LogP contribution in [-0.4, -0.2) is 17.3 Å². The van der Waals surface area contributed by atoms with E-state index in [1.807, 2.05) is 6.07 Å². The predicted molar refractivity (Wildman–Crippen MR) is 39.2 cm³/mol. The number of hydrogen-bond donors (Lipinski definition) is 1. The Bertz CT molecular complexity index is 205. The van der Waals surface area contributed by atoms with Gasteiger partial charge in [0, 0.05) is 6.07 Å². The molecule has 0 aromatic carbocycles. The lowest BCUT2D eigenvalue weighted by Gasteiger charge is -1.94. The van der Waals surface area contributed by atoms with Gasteiger partial charge in [0.2, 0.25) is 5.88 Å². The molecule has 0 saturated heterocycles. The van der Waals surface area contributed by atoms with Crippen LogP contribution in [0.5, 0.6) is 5.88 Å². The van der Waals surface area contributed by atoms with Gasteiger partial charge in [-0.15, -0.1) is 0 Å². The van der Waals surface area contributed by atoms with Crippen LogP contribution in [0.2, 0.25) is 0 Å². The van der Waals surface area contributed by atoms with E-state index >= 15 is 0 Å². The first kappa shape index (κ1) is 7.12. The van der Waals surface area contributed by atoms with Crippen LogP contribution in [0.4, 0.5) is 0 Å². The van der Waals surface area contributed by atoms with E-state index in [0.29, 0.717) is 5.92 Å². The third-order valence-corrected chi connectivity index (χ3v) is 1.39. The minimum absolute atomic E-state index is 0.458. The summed E-state index contributed by atoms with van der Waals surface area (Å²) in [4.78, 5) is 0. The Balaban J connectivity index is 2.78. The van der Waals surface area contributed by atoms with Crippen molar-refractivity contribution in [3.63, 3.8) is 0 Å². The van der Waals surface area contributed by atoms with Gasteiger partial charge >= 0.3 is 0 Å². The molecule has 0 unspecified atom stereocenters. The molecule has 0 aliphatic heterocycles. The van der Waals surface area contributed by atoms with Gasteiger partial charge in [0.05, 0.1) is 12.8 Å². The van der Waals surface area contributed by atoms with Crippen molar-refractivity contribution in [2.45, 2.75) is 19.8 Å². The average molecular weight is 140 g/mol. The first-order valence-corrected chi connectivity index (χ1v) is 3.33. The molecule has 0 spiro atoms. The summed E-state index contributed by atoms with van der Waals surface area (Å²) in [7, 11) is 1.62. The highest BCUT2D eigenvalue weighted by Gasteiger charge is 2.03. The zero-order chi connectivity index (χ0) is 7.56. The summed E-state index contributed by atoms with van der Waals surface area (Å²) >= 11 is 0. The lowest BCUT2D eigenvalue weighted by Crippen LogP contribution is -1.85. The smallest absolute Gasteiger partial charge is 0.209 e. The van der Waals surface area contributed by atoms with E-state index in [9.17, 15) is 0 Å². The average Bonchev–Trinajstić information content (AvgIpc) is 2.34. The molecule has 10 heavy (non-hydrogen) atoms. The number of ether oxygens (including phenoxy) is 1. The third-order valence-electron chi connectivity index (χ3n) is 1.39. The normalized spacial score (nSPS) is 10.4. The summed E-state index contributed by atoms with van der Waals surface area (Å²) in [6, 6.07) is 1.91. The van der Waals surface area contributed by atoms with Gasteiger partial charge in [-0.25, -0.2) is 5.10 Å². The van der Waals surface area contributed by atoms with E-state index in [1.54, 1.807) is 7.11 Å². The number of aromatic amines is 1. The van der Waals surface area contributed by atoms with Crippen molar-refractivity contribution >= 4 is 0 Å². The van der Waals surface area contributed by atoms with Crippen LogP contribution >= 0.6 is 0 Å². The van der Waals surface area contributed by atoms with Crippen LogP contribution in [-0.2, 0) is 0 Å². The number of aromatic nitrogens is 2. The number of nitrogens with zero attached hydrogens (tertiary/aromatic N) is 1. The highest BCUT2D eigenvalue weighted by molar-refractivity contribution is 5.16. The van der Waals surface area contributed by atoms with E-state index in [4.69, 9.17) is 4.74 Å². The summed E-state index contributed by atoms with van der Waals surface area (Å²) in [5, 5.41) is 6.80. The number of nitrogens with one attached hydrogen (secondary N) is 1. The second-order valence-corrected chi connectivity index (χ2v) is 2.52. The number of rotatable bonds is 2. The molecule has 3 nitrogen and oxygen atoms in total. The van der Waals surface area contributed by atoms with Gasteiger partial charge in [-0.1, -0.05) is 13.8 Å². The van der Waals surface area contributed by atoms with Gasteiger partial charge in [0.25, 0.3) is 0 Å². The third kappa shape index (κ3) is 1.29. The maximum Gasteiger partial charge on any atom is 0.209 e. The molecule has 1 aromatic heterocycles. The molecule has 0 radical (unpaired) electrons. The largest absolute Gasteiger partial charge is 0.481 e. The summed E-state index contributed by atoms with van der Waals surface area (Å²) < 4.78 is 4.93. The minimum atomic E-state index is 0.458. The molecule has 0 aliphatic rings. The van der Waals surface area contributed by atoms with Gasteiger partial charge in [-0.3, -0.25) is 0 Å². The second-order valence-electron chi connectivity index (χ2n) is 2.52. The fraction of sp³-hybridized carbons (Fsp3) is 0.571. The second kappa shape index (κ2) is 2.73. The van der Waals surface area contributed by atoms with E-state index in [-0.39, 0.29) is 0 Å². The minimum Gasteiger partial charge on any atom is -0.481 e. The Morgan fingerprint density at radius 3 is 2.60 bits per heavy atom. The van der Waals surface area contributed by atoms with Crippen LogP contribution in [0.3, 0.4) is 0 Å². The molecule has 0 atom stereocenters. The number of methoxy groups -OCH3 is 1. The molecule has 0 fully saturated rings. The van der Waals surface area contributed by atoms with Crippen molar-refractivity contribution in [1.29, 1.82) is 0 Å². The van der Waals surface area contributed by atoms with E-state index < -0.39 is 0 Å². The predicted octanol–water partition coefficient (Wildman–Crippen LogP) is 1.54.